The highest BCUT2D eigenvalue weighted by molar-refractivity contribution is 6.16. The van der Waals surface area contributed by atoms with Gasteiger partial charge in [-0.1, -0.05) is 18.2 Å². The van der Waals surface area contributed by atoms with Crippen LogP contribution in [0.15, 0.2) is 30.3 Å². The number of aromatic nitrogens is 2. The van der Waals surface area contributed by atoms with Gasteiger partial charge in [-0.2, -0.15) is 0 Å². The molecule has 0 radical (unpaired) electrons. The van der Waals surface area contributed by atoms with Crippen molar-refractivity contribution >= 4 is 23.2 Å². The Labute approximate surface area is 119 Å². The Kier molecular flexibility index (Phi) is 4.38. The molecule has 0 aliphatic heterocycles. The maximum absolute atomic E-state index is 5.89. The van der Waals surface area contributed by atoms with Gasteiger partial charge in [-0.05, 0) is 38.5 Å². The Bertz CT molecular complexity index is 569. The maximum Gasteiger partial charge on any atom is 0.230 e. The van der Waals surface area contributed by atoms with Gasteiger partial charge in [0.1, 0.15) is 0 Å². The predicted octanol–water partition coefficient (Wildman–Crippen LogP) is 3.99. The van der Waals surface area contributed by atoms with Crippen LogP contribution in [0, 0.1) is 13.8 Å². The number of aryl methyl sites for hydroxylation is 2. The molecule has 0 N–H and O–H groups in total. The van der Waals surface area contributed by atoms with Crippen molar-refractivity contribution in [3.63, 3.8) is 0 Å². The Hall–Kier alpha value is -1.61. The van der Waals surface area contributed by atoms with Crippen molar-refractivity contribution in [3.8, 4) is 0 Å². The SMILES string of the molecule is CCN(c1nc(C)cc(CCl)n1)c1ccccc1C. The Morgan fingerprint density at radius 2 is 1.89 bits per heavy atom. The molecule has 1 aromatic heterocycles. The van der Waals surface area contributed by atoms with Gasteiger partial charge in [0, 0.05) is 17.9 Å². The summed E-state index contributed by atoms with van der Waals surface area (Å²) in [6.45, 7) is 6.97. The third kappa shape index (κ3) is 3.04. The molecule has 1 heterocycles. The summed E-state index contributed by atoms with van der Waals surface area (Å²) in [7, 11) is 0. The molecule has 1 aromatic carbocycles. The quantitative estimate of drug-likeness (QED) is 0.790. The Morgan fingerprint density at radius 3 is 2.53 bits per heavy atom. The zero-order valence-electron chi connectivity index (χ0n) is 11.5. The third-order valence-electron chi connectivity index (χ3n) is 3.00. The van der Waals surface area contributed by atoms with Crippen LogP contribution in [0.3, 0.4) is 0 Å². The number of anilines is 2. The first-order valence-corrected chi connectivity index (χ1v) is 6.93. The van der Waals surface area contributed by atoms with E-state index in [1.54, 1.807) is 0 Å². The second-order valence-electron chi connectivity index (χ2n) is 4.47. The van der Waals surface area contributed by atoms with Crippen molar-refractivity contribution in [3.05, 3.63) is 47.3 Å². The molecule has 0 atom stereocenters. The number of para-hydroxylation sites is 1. The number of alkyl halides is 1. The molecule has 2 aromatic rings. The van der Waals surface area contributed by atoms with E-state index in [0.29, 0.717) is 11.8 Å². The van der Waals surface area contributed by atoms with Crippen molar-refractivity contribution in [2.45, 2.75) is 26.7 Å². The average molecular weight is 276 g/mol. The minimum absolute atomic E-state index is 0.404. The van der Waals surface area contributed by atoms with Crippen molar-refractivity contribution in [1.82, 2.24) is 9.97 Å². The average Bonchev–Trinajstić information content (AvgIpc) is 2.41. The number of hydrogen-bond donors (Lipinski definition) is 0. The highest BCUT2D eigenvalue weighted by Crippen LogP contribution is 2.25. The molecule has 0 saturated heterocycles. The molecular weight excluding hydrogens is 258 g/mol. The Morgan fingerprint density at radius 1 is 1.16 bits per heavy atom. The van der Waals surface area contributed by atoms with Crippen LogP contribution < -0.4 is 4.90 Å². The molecule has 0 saturated carbocycles. The summed E-state index contributed by atoms with van der Waals surface area (Å²) in [6, 6.07) is 10.2. The lowest BCUT2D eigenvalue weighted by Crippen LogP contribution is -2.20. The molecule has 0 aliphatic rings. The van der Waals surface area contributed by atoms with Crippen molar-refractivity contribution in [2.24, 2.45) is 0 Å². The minimum atomic E-state index is 0.404. The first-order chi connectivity index (χ1) is 9.15. The second-order valence-corrected chi connectivity index (χ2v) is 4.73. The lowest BCUT2D eigenvalue weighted by Gasteiger charge is -2.23. The first-order valence-electron chi connectivity index (χ1n) is 6.39. The van der Waals surface area contributed by atoms with Gasteiger partial charge in [0.25, 0.3) is 0 Å². The first kappa shape index (κ1) is 13.8. The van der Waals surface area contributed by atoms with Crippen molar-refractivity contribution < 1.29 is 0 Å². The van der Waals surface area contributed by atoms with Crippen LogP contribution in [0.25, 0.3) is 0 Å². The molecule has 0 aliphatic carbocycles. The van der Waals surface area contributed by atoms with E-state index in [-0.39, 0.29) is 0 Å². The van der Waals surface area contributed by atoms with Gasteiger partial charge in [0.2, 0.25) is 5.95 Å². The summed E-state index contributed by atoms with van der Waals surface area (Å²) in [5, 5.41) is 0. The van der Waals surface area contributed by atoms with E-state index in [1.807, 2.05) is 25.1 Å². The van der Waals surface area contributed by atoms with E-state index < -0.39 is 0 Å². The largest absolute Gasteiger partial charge is 0.311 e. The minimum Gasteiger partial charge on any atom is -0.311 e. The maximum atomic E-state index is 5.89. The summed E-state index contributed by atoms with van der Waals surface area (Å²) in [4.78, 5) is 11.2. The van der Waals surface area contributed by atoms with Crippen LogP contribution in [-0.4, -0.2) is 16.5 Å². The van der Waals surface area contributed by atoms with Gasteiger partial charge in [0.05, 0.1) is 11.6 Å². The number of nitrogens with zero attached hydrogens (tertiary/aromatic N) is 3. The van der Waals surface area contributed by atoms with Gasteiger partial charge in [-0.15, -0.1) is 11.6 Å². The van der Waals surface area contributed by atoms with Crippen LogP contribution in [0.2, 0.25) is 0 Å². The smallest absolute Gasteiger partial charge is 0.230 e. The lowest BCUT2D eigenvalue weighted by molar-refractivity contribution is 0.913. The van der Waals surface area contributed by atoms with E-state index in [1.165, 1.54) is 5.56 Å². The highest BCUT2D eigenvalue weighted by Gasteiger charge is 2.13. The molecule has 19 heavy (non-hydrogen) atoms. The van der Waals surface area contributed by atoms with Gasteiger partial charge >= 0.3 is 0 Å². The normalized spacial score (nSPS) is 10.5. The summed E-state index contributed by atoms with van der Waals surface area (Å²) < 4.78 is 0. The lowest BCUT2D eigenvalue weighted by atomic mass is 10.2. The second kappa shape index (κ2) is 6.02. The molecule has 0 bridgehead atoms. The topological polar surface area (TPSA) is 29.0 Å². The van der Waals surface area contributed by atoms with E-state index in [2.05, 4.69) is 40.8 Å². The molecular formula is C15H18ClN3. The van der Waals surface area contributed by atoms with E-state index in [9.17, 15) is 0 Å². The molecule has 4 heteroatoms. The van der Waals surface area contributed by atoms with Gasteiger partial charge < -0.3 is 4.90 Å². The van der Waals surface area contributed by atoms with Gasteiger partial charge in [-0.25, -0.2) is 9.97 Å². The predicted molar refractivity (Wildman–Crippen MR) is 80.2 cm³/mol. The van der Waals surface area contributed by atoms with Crippen LogP contribution >= 0.6 is 11.6 Å². The Balaban J connectivity index is 2.48. The van der Waals surface area contributed by atoms with Gasteiger partial charge in [0.15, 0.2) is 0 Å². The third-order valence-corrected chi connectivity index (χ3v) is 3.27. The zero-order valence-corrected chi connectivity index (χ0v) is 12.3. The summed E-state index contributed by atoms with van der Waals surface area (Å²) in [5.41, 5.74) is 4.14. The van der Waals surface area contributed by atoms with E-state index in [4.69, 9.17) is 11.6 Å². The fraction of sp³-hybridized carbons (Fsp3) is 0.333. The number of benzene rings is 1. The molecule has 0 spiro atoms. The molecule has 0 fully saturated rings. The van der Waals surface area contributed by atoms with Crippen molar-refractivity contribution in [2.75, 3.05) is 11.4 Å². The van der Waals surface area contributed by atoms with Crippen LogP contribution in [-0.2, 0) is 5.88 Å². The standard InChI is InChI=1S/C15H18ClN3/c1-4-19(14-8-6-5-7-11(14)2)15-17-12(3)9-13(10-16)18-15/h5-9H,4,10H2,1-3H3. The molecule has 2 rings (SSSR count). The number of halogens is 1. The summed E-state index contributed by atoms with van der Waals surface area (Å²) in [6.07, 6.45) is 0. The van der Waals surface area contributed by atoms with Gasteiger partial charge in [-0.3, -0.25) is 0 Å². The van der Waals surface area contributed by atoms with E-state index in [0.717, 1.165) is 23.6 Å². The van der Waals surface area contributed by atoms with Crippen LogP contribution in [0.1, 0.15) is 23.9 Å². The number of hydrogen-bond acceptors (Lipinski definition) is 3. The van der Waals surface area contributed by atoms with Crippen LogP contribution in [0.5, 0.6) is 0 Å². The zero-order chi connectivity index (χ0) is 13.8. The molecule has 3 nitrogen and oxygen atoms in total. The summed E-state index contributed by atoms with van der Waals surface area (Å²) >= 11 is 5.89. The fourth-order valence-electron chi connectivity index (χ4n) is 2.09. The molecule has 0 amide bonds. The fourth-order valence-corrected chi connectivity index (χ4v) is 2.23. The highest BCUT2D eigenvalue weighted by atomic mass is 35.5. The number of rotatable bonds is 4. The van der Waals surface area contributed by atoms with Crippen molar-refractivity contribution in [1.29, 1.82) is 0 Å². The monoisotopic (exact) mass is 275 g/mol. The molecule has 100 valence electrons. The molecule has 0 unspecified atom stereocenters. The van der Waals surface area contributed by atoms with Crippen LogP contribution in [0.4, 0.5) is 11.6 Å². The van der Waals surface area contributed by atoms with E-state index >= 15 is 0 Å². The summed E-state index contributed by atoms with van der Waals surface area (Å²) in [5.74, 6) is 1.12.